The SMILES string of the molecule is CC(=O)Nc1ccc(S(=O)(=O)NCc2nnnn2C2CCCCC2)cc1. The van der Waals surface area contributed by atoms with E-state index in [1.54, 1.807) is 16.8 Å². The molecule has 0 atom stereocenters. The molecule has 2 aromatic rings. The predicted molar refractivity (Wildman–Crippen MR) is 94.7 cm³/mol. The number of tetrazole rings is 1. The maximum atomic E-state index is 12.5. The van der Waals surface area contributed by atoms with Gasteiger partial charge in [-0.05, 0) is 47.5 Å². The summed E-state index contributed by atoms with van der Waals surface area (Å²) in [7, 11) is -3.70. The molecule has 1 saturated carbocycles. The highest BCUT2D eigenvalue weighted by atomic mass is 32.2. The average molecular weight is 378 g/mol. The normalized spacial score (nSPS) is 15.7. The number of nitrogens with one attached hydrogen (secondary N) is 2. The Morgan fingerprint density at radius 3 is 2.54 bits per heavy atom. The maximum absolute atomic E-state index is 12.5. The minimum atomic E-state index is -3.70. The summed E-state index contributed by atoms with van der Waals surface area (Å²) in [5.41, 5.74) is 0.540. The Morgan fingerprint density at radius 1 is 1.19 bits per heavy atom. The van der Waals surface area contributed by atoms with Gasteiger partial charge in [0.05, 0.1) is 17.5 Å². The van der Waals surface area contributed by atoms with Gasteiger partial charge in [0.1, 0.15) is 0 Å². The van der Waals surface area contributed by atoms with Crippen molar-refractivity contribution in [2.75, 3.05) is 5.32 Å². The van der Waals surface area contributed by atoms with Crippen LogP contribution in [0, 0.1) is 0 Å². The van der Waals surface area contributed by atoms with E-state index in [4.69, 9.17) is 0 Å². The van der Waals surface area contributed by atoms with E-state index >= 15 is 0 Å². The van der Waals surface area contributed by atoms with Crippen molar-refractivity contribution in [3.8, 4) is 0 Å². The van der Waals surface area contributed by atoms with Gasteiger partial charge in [-0.15, -0.1) is 5.10 Å². The summed E-state index contributed by atoms with van der Waals surface area (Å²) in [5.74, 6) is 0.295. The number of aromatic nitrogens is 4. The van der Waals surface area contributed by atoms with E-state index in [0.29, 0.717) is 11.5 Å². The molecule has 0 bridgehead atoms. The van der Waals surface area contributed by atoms with E-state index in [0.717, 1.165) is 25.7 Å². The predicted octanol–water partition coefficient (Wildman–Crippen LogP) is 1.62. The molecule has 1 aliphatic rings. The number of anilines is 1. The van der Waals surface area contributed by atoms with Crippen LogP contribution in [0.5, 0.6) is 0 Å². The van der Waals surface area contributed by atoms with Crippen LogP contribution in [0.1, 0.15) is 50.9 Å². The second-order valence-corrected chi connectivity index (χ2v) is 8.13. The fraction of sp³-hybridized carbons (Fsp3) is 0.500. The van der Waals surface area contributed by atoms with Gasteiger partial charge in [-0.25, -0.2) is 17.8 Å². The van der Waals surface area contributed by atoms with Crippen molar-refractivity contribution in [1.29, 1.82) is 0 Å². The molecule has 10 heteroatoms. The van der Waals surface area contributed by atoms with Gasteiger partial charge in [0, 0.05) is 12.6 Å². The van der Waals surface area contributed by atoms with Crippen molar-refractivity contribution in [3.05, 3.63) is 30.1 Å². The van der Waals surface area contributed by atoms with Gasteiger partial charge in [0.25, 0.3) is 0 Å². The molecule has 0 radical (unpaired) electrons. The van der Waals surface area contributed by atoms with Crippen molar-refractivity contribution >= 4 is 21.6 Å². The minimum absolute atomic E-state index is 0.0271. The van der Waals surface area contributed by atoms with Gasteiger partial charge in [-0.3, -0.25) is 4.79 Å². The standard InChI is InChI=1S/C16H22N6O3S/c1-12(23)18-13-7-9-15(10-8-13)26(24,25)17-11-16-19-20-21-22(16)14-5-3-2-4-6-14/h7-10,14,17H,2-6,11H2,1H3,(H,18,23). The number of amides is 1. The molecule has 9 nitrogen and oxygen atoms in total. The lowest BCUT2D eigenvalue weighted by atomic mass is 9.96. The monoisotopic (exact) mass is 378 g/mol. The van der Waals surface area contributed by atoms with Gasteiger partial charge < -0.3 is 5.32 Å². The van der Waals surface area contributed by atoms with Crippen molar-refractivity contribution in [2.45, 2.75) is 56.5 Å². The highest BCUT2D eigenvalue weighted by Crippen LogP contribution is 2.27. The number of carbonyl (C=O) groups is 1. The summed E-state index contributed by atoms with van der Waals surface area (Å²) in [5, 5.41) is 14.3. The summed E-state index contributed by atoms with van der Waals surface area (Å²) in [6, 6.07) is 6.20. The van der Waals surface area contributed by atoms with Crippen LogP contribution in [0.2, 0.25) is 0 Å². The Bertz CT molecular complexity index is 856. The molecular formula is C16H22N6O3S. The third-order valence-corrected chi connectivity index (χ3v) is 5.80. The van der Waals surface area contributed by atoms with Crippen molar-refractivity contribution in [2.24, 2.45) is 0 Å². The summed E-state index contributed by atoms with van der Waals surface area (Å²) in [4.78, 5) is 11.1. The van der Waals surface area contributed by atoms with Crippen LogP contribution < -0.4 is 10.0 Å². The van der Waals surface area contributed by atoms with Crippen LogP contribution in [0.25, 0.3) is 0 Å². The molecule has 1 aromatic carbocycles. The summed E-state index contributed by atoms with van der Waals surface area (Å²) < 4.78 is 29.2. The number of hydrogen-bond acceptors (Lipinski definition) is 6. The lowest BCUT2D eigenvalue weighted by Crippen LogP contribution is -2.26. The van der Waals surface area contributed by atoms with E-state index < -0.39 is 10.0 Å². The zero-order valence-electron chi connectivity index (χ0n) is 14.6. The van der Waals surface area contributed by atoms with E-state index in [-0.39, 0.29) is 23.4 Å². The maximum Gasteiger partial charge on any atom is 0.240 e. The van der Waals surface area contributed by atoms with Crippen LogP contribution in [0.4, 0.5) is 5.69 Å². The first-order valence-corrected chi connectivity index (χ1v) is 10.1. The summed E-state index contributed by atoms with van der Waals surface area (Å²) >= 11 is 0. The second-order valence-electron chi connectivity index (χ2n) is 6.36. The Balaban J connectivity index is 1.67. The van der Waals surface area contributed by atoms with Gasteiger partial charge in [-0.1, -0.05) is 19.3 Å². The third-order valence-electron chi connectivity index (χ3n) is 4.39. The Kier molecular flexibility index (Phi) is 5.62. The molecule has 1 amide bonds. The first kappa shape index (κ1) is 18.5. The molecule has 2 N–H and O–H groups in total. The zero-order chi connectivity index (χ0) is 18.6. The molecule has 0 spiro atoms. The first-order chi connectivity index (χ1) is 12.5. The molecule has 0 saturated heterocycles. The highest BCUT2D eigenvalue weighted by molar-refractivity contribution is 7.89. The van der Waals surface area contributed by atoms with Crippen molar-refractivity contribution in [1.82, 2.24) is 24.9 Å². The van der Waals surface area contributed by atoms with Crippen LogP contribution in [-0.4, -0.2) is 34.5 Å². The molecule has 1 heterocycles. The van der Waals surface area contributed by atoms with E-state index in [1.165, 1.54) is 25.5 Å². The van der Waals surface area contributed by atoms with Crippen LogP contribution in [0.3, 0.4) is 0 Å². The van der Waals surface area contributed by atoms with Gasteiger partial charge in [-0.2, -0.15) is 0 Å². The fourth-order valence-corrected chi connectivity index (χ4v) is 4.08. The number of hydrogen-bond donors (Lipinski definition) is 2. The number of benzene rings is 1. The average Bonchev–Trinajstić information content (AvgIpc) is 3.09. The topological polar surface area (TPSA) is 119 Å². The molecule has 0 unspecified atom stereocenters. The molecule has 0 aliphatic heterocycles. The van der Waals surface area contributed by atoms with E-state index in [1.807, 2.05) is 0 Å². The molecule has 3 rings (SSSR count). The summed E-state index contributed by atoms with van der Waals surface area (Å²) in [6.45, 7) is 1.42. The number of rotatable bonds is 6. The quantitative estimate of drug-likeness (QED) is 0.788. The lowest BCUT2D eigenvalue weighted by Gasteiger charge is -2.22. The van der Waals surface area contributed by atoms with Crippen molar-refractivity contribution in [3.63, 3.8) is 0 Å². The molecule has 1 fully saturated rings. The van der Waals surface area contributed by atoms with Crippen LogP contribution in [0.15, 0.2) is 29.2 Å². The minimum Gasteiger partial charge on any atom is -0.326 e. The van der Waals surface area contributed by atoms with Gasteiger partial charge in [0.15, 0.2) is 5.82 Å². The zero-order valence-corrected chi connectivity index (χ0v) is 15.4. The molecule has 1 aromatic heterocycles. The molecular weight excluding hydrogens is 356 g/mol. The number of sulfonamides is 1. The van der Waals surface area contributed by atoms with E-state index in [2.05, 4.69) is 25.6 Å². The lowest BCUT2D eigenvalue weighted by molar-refractivity contribution is -0.114. The third kappa shape index (κ3) is 4.44. The highest BCUT2D eigenvalue weighted by Gasteiger charge is 2.21. The molecule has 26 heavy (non-hydrogen) atoms. The second kappa shape index (κ2) is 7.92. The van der Waals surface area contributed by atoms with Crippen LogP contribution in [-0.2, 0) is 21.4 Å². The Morgan fingerprint density at radius 2 is 1.88 bits per heavy atom. The number of nitrogens with zero attached hydrogens (tertiary/aromatic N) is 4. The Labute approximate surface area is 152 Å². The van der Waals surface area contributed by atoms with Crippen LogP contribution >= 0.6 is 0 Å². The van der Waals surface area contributed by atoms with Gasteiger partial charge in [0.2, 0.25) is 15.9 Å². The summed E-state index contributed by atoms with van der Waals surface area (Å²) in [6.07, 6.45) is 5.51. The number of carbonyl (C=O) groups excluding carboxylic acids is 1. The molecule has 1 aliphatic carbocycles. The smallest absolute Gasteiger partial charge is 0.240 e. The van der Waals surface area contributed by atoms with E-state index in [9.17, 15) is 13.2 Å². The fourth-order valence-electron chi connectivity index (χ4n) is 3.10. The van der Waals surface area contributed by atoms with Gasteiger partial charge >= 0.3 is 0 Å². The van der Waals surface area contributed by atoms with Crippen molar-refractivity contribution < 1.29 is 13.2 Å². The molecule has 140 valence electrons. The Hall–Kier alpha value is -2.33. The largest absolute Gasteiger partial charge is 0.326 e. The first-order valence-electron chi connectivity index (χ1n) is 8.60.